The summed E-state index contributed by atoms with van der Waals surface area (Å²) in [7, 11) is 1.57. The highest BCUT2D eigenvalue weighted by Crippen LogP contribution is 2.26. The summed E-state index contributed by atoms with van der Waals surface area (Å²) in [6.07, 6.45) is 0. The van der Waals surface area contributed by atoms with Gasteiger partial charge in [-0.2, -0.15) is 0 Å². The van der Waals surface area contributed by atoms with Gasteiger partial charge in [0.1, 0.15) is 23.1 Å². The molecule has 7 heteroatoms. The van der Waals surface area contributed by atoms with Gasteiger partial charge >= 0.3 is 0 Å². The lowest BCUT2D eigenvalue weighted by atomic mass is 10.2. The normalized spacial score (nSPS) is 10.4. The van der Waals surface area contributed by atoms with E-state index in [0.717, 1.165) is 11.3 Å². The zero-order valence-corrected chi connectivity index (χ0v) is 16.0. The lowest BCUT2D eigenvalue weighted by Gasteiger charge is -2.12. The van der Waals surface area contributed by atoms with Gasteiger partial charge in [-0.05, 0) is 43.7 Å². The Morgan fingerprint density at radius 2 is 1.85 bits per heavy atom. The number of aryl methyl sites for hydroxylation is 1. The van der Waals surface area contributed by atoms with Gasteiger partial charge in [0.2, 0.25) is 0 Å². The SMILES string of the molecule is COc1cccc(NC(=O)c2cc(Nc3cccc(Cl)c3C)nc(C)n2)c1. The van der Waals surface area contributed by atoms with Gasteiger partial charge in [0, 0.05) is 28.5 Å². The Balaban J connectivity index is 1.84. The predicted molar refractivity (Wildman–Crippen MR) is 107 cm³/mol. The molecule has 2 N–H and O–H groups in total. The number of nitrogens with zero attached hydrogens (tertiary/aromatic N) is 2. The standard InChI is InChI=1S/C20H19ClN4O2/c1-12-16(21)8-5-9-17(12)25-19-11-18(22-13(2)23-19)20(26)24-14-6-4-7-15(10-14)27-3/h4-11H,1-3H3,(H,24,26)(H,22,23,25). The molecule has 3 aromatic rings. The van der Waals surface area contributed by atoms with Crippen LogP contribution in [0.1, 0.15) is 21.9 Å². The fourth-order valence-electron chi connectivity index (χ4n) is 2.52. The molecule has 27 heavy (non-hydrogen) atoms. The van der Waals surface area contributed by atoms with Crippen LogP contribution in [0.5, 0.6) is 5.75 Å². The zero-order chi connectivity index (χ0) is 19.4. The van der Waals surface area contributed by atoms with Crippen molar-refractivity contribution < 1.29 is 9.53 Å². The van der Waals surface area contributed by atoms with Gasteiger partial charge in [-0.25, -0.2) is 9.97 Å². The number of ether oxygens (including phenoxy) is 1. The number of benzene rings is 2. The number of rotatable bonds is 5. The summed E-state index contributed by atoms with van der Waals surface area (Å²) in [4.78, 5) is 21.2. The minimum atomic E-state index is -0.334. The quantitative estimate of drug-likeness (QED) is 0.665. The third-order valence-electron chi connectivity index (χ3n) is 3.93. The molecule has 0 saturated heterocycles. The van der Waals surface area contributed by atoms with Crippen LogP contribution in [-0.2, 0) is 0 Å². The van der Waals surface area contributed by atoms with E-state index in [-0.39, 0.29) is 11.6 Å². The molecular formula is C20H19ClN4O2. The molecule has 0 fully saturated rings. The van der Waals surface area contributed by atoms with Crippen molar-refractivity contribution in [1.82, 2.24) is 9.97 Å². The summed E-state index contributed by atoms with van der Waals surface area (Å²) in [6.45, 7) is 3.65. The summed E-state index contributed by atoms with van der Waals surface area (Å²) in [5.41, 5.74) is 2.60. The second-order valence-electron chi connectivity index (χ2n) is 5.91. The average molecular weight is 383 g/mol. The Hall–Kier alpha value is -3.12. The van der Waals surface area contributed by atoms with Crippen LogP contribution in [0.25, 0.3) is 0 Å². The average Bonchev–Trinajstić information content (AvgIpc) is 2.65. The molecule has 3 rings (SSSR count). The summed E-state index contributed by atoms with van der Waals surface area (Å²) < 4.78 is 5.17. The smallest absolute Gasteiger partial charge is 0.274 e. The summed E-state index contributed by atoms with van der Waals surface area (Å²) in [5.74, 6) is 1.32. The van der Waals surface area contributed by atoms with Crippen LogP contribution in [0.15, 0.2) is 48.5 Å². The molecule has 138 valence electrons. The van der Waals surface area contributed by atoms with Crippen LogP contribution in [0.3, 0.4) is 0 Å². The van der Waals surface area contributed by atoms with Crippen LogP contribution in [0.4, 0.5) is 17.2 Å². The molecule has 0 bridgehead atoms. The number of carbonyl (C=O) groups excluding carboxylic acids is 1. The molecule has 2 aromatic carbocycles. The Kier molecular flexibility index (Phi) is 5.57. The van der Waals surface area contributed by atoms with E-state index >= 15 is 0 Å². The van der Waals surface area contributed by atoms with Crippen molar-refractivity contribution in [3.8, 4) is 5.75 Å². The van der Waals surface area contributed by atoms with Crippen molar-refractivity contribution in [2.24, 2.45) is 0 Å². The van der Waals surface area contributed by atoms with Gasteiger partial charge in [0.25, 0.3) is 5.91 Å². The summed E-state index contributed by atoms with van der Waals surface area (Å²) in [6, 6.07) is 14.3. The first kappa shape index (κ1) is 18.7. The zero-order valence-electron chi connectivity index (χ0n) is 15.2. The van der Waals surface area contributed by atoms with E-state index in [9.17, 15) is 4.79 Å². The molecule has 0 atom stereocenters. The highest BCUT2D eigenvalue weighted by molar-refractivity contribution is 6.31. The number of aromatic nitrogens is 2. The Labute approximate surface area is 162 Å². The van der Waals surface area contributed by atoms with Crippen LogP contribution >= 0.6 is 11.6 Å². The van der Waals surface area contributed by atoms with Gasteiger partial charge in [0.05, 0.1) is 7.11 Å². The van der Waals surface area contributed by atoms with Crippen LogP contribution in [0.2, 0.25) is 5.02 Å². The van der Waals surface area contributed by atoms with E-state index < -0.39 is 0 Å². The molecule has 1 heterocycles. The molecule has 6 nitrogen and oxygen atoms in total. The molecule has 0 aliphatic heterocycles. The highest BCUT2D eigenvalue weighted by atomic mass is 35.5. The molecule has 0 aliphatic rings. The first-order chi connectivity index (χ1) is 13.0. The van der Waals surface area contributed by atoms with Crippen molar-refractivity contribution in [3.05, 3.63) is 70.6 Å². The van der Waals surface area contributed by atoms with Crippen molar-refractivity contribution in [2.75, 3.05) is 17.7 Å². The van der Waals surface area contributed by atoms with Crippen molar-refractivity contribution in [1.29, 1.82) is 0 Å². The van der Waals surface area contributed by atoms with Crippen molar-refractivity contribution >= 4 is 34.7 Å². The molecule has 1 aromatic heterocycles. The maximum absolute atomic E-state index is 12.6. The predicted octanol–water partition coefficient (Wildman–Crippen LogP) is 4.75. The van der Waals surface area contributed by atoms with E-state index in [1.807, 2.05) is 25.1 Å². The molecular weight excluding hydrogens is 364 g/mol. The molecule has 0 spiro atoms. The first-order valence-corrected chi connectivity index (χ1v) is 8.67. The fourth-order valence-corrected chi connectivity index (χ4v) is 2.70. The van der Waals surface area contributed by atoms with Gasteiger partial charge in [-0.1, -0.05) is 23.7 Å². The monoisotopic (exact) mass is 382 g/mol. The van der Waals surface area contributed by atoms with Gasteiger partial charge in [-0.3, -0.25) is 4.79 Å². The first-order valence-electron chi connectivity index (χ1n) is 8.29. The second kappa shape index (κ2) is 8.05. The fraction of sp³-hybridized carbons (Fsp3) is 0.150. The number of carbonyl (C=O) groups is 1. The number of methoxy groups -OCH3 is 1. The Morgan fingerprint density at radius 1 is 1.07 bits per heavy atom. The lowest BCUT2D eigenvalue weighted by molar-refractivity contribution is 0.102. The van der Waals surface area contributed by atoms with Gasteiger partial charge in [-0.15, -0.1) is 0 Å². The summed E-state index contributed by atoms with van der Waals surface area (Å²) in [5, 5.41) is 6.66. The number of nitrogens with one attached hydrogen (secondary N) is 2. The number of anilines is 3. The highest BCUT2D eigenvalue weighted by Gasteiger charge is 2.12. The van der Waals surface area contributed by atoms with Crippen LogP contribution in [-0.4, -0.2) is 23.0 Å². The third-order valence-corrected chi connectivity index (χ3v) is 4.34. The van der Waals surface area contributed by atoms with E-state index in [4.69, 9.17) is 16.3 Å². The molecule has 0 saturated carbocycles. The van der Waals surface area contributed by atoms with E-state index in [0.29, 0.717) is 28.1 Å². The molecule has 0 aliphatic carbocycles. The van der Waals surface area contributed by atoms with Crippen molar-refractivity contribution in [3.63, 3.8) is 0 Å². The maximum atomic E-state index is 12.6. The largest absolute Gasteiger partial charge is 0.497 e. The molecule has 1 amide bonds. The van der Waals surface area contributed by atoms with Crippen LogP contribution < -0.4 is 15.4 Å². The molecule has 0 radical (unpaired) electrons. The summed E-state index contributed by atoms with van der Waals surface area (Å²) >= 11 is 6.16. The van der Waals surface area contributed by atoms with Crippen LogP contribution in [0, 0.1) is 13.8 Å². The van der Waals surface area contributed by atoms with Gasteiger partial charge in [0.15, 0.2) is 0 Å². The number of hydrogen-bond donors (Lipinski definition) is 2. The number of halogens is 1. The topological polar surface area (TPSA) is 76.1 Å². The van der Waals surface area contributed by atoms with Crippen molar-refractivity contribution in [2.45, 2.75) is 13.8 Å². The minimum absolute atomic E-state index is 0.257. The Bertz CT molecular complexity index is 991. The van der Waals surface area contributed by atoms with E-state index in [1.54, 1.807) is 44.4 Å². The van der Waals surface area contributed by atoms with Gasteiger partial charge < -0.3 is 15.4 Å². The Morgan fingerprint density at radius 3 is 2.63 bits per heavy atom. The lowest BCUT2D eigenvalue weighted by Crippen LogP contribution is -2.15. The third kappa shape index (κ3) is 4.54. The van der Waals surface area contributed by atoms with E-state index in [1.165, 1.54) is 0 Å². The van der Waals surface area contributed by atoms with E-state index in [2.05, 4.69) is 20.6 Å². The number of hydrogen-bond acceptors (Lipinski definition) is 5. The maximum Gasteiger partial charge on any atom is 0.274 e. The second-order valence-corrected chi connectivity index (χ2v) is 6.32. The number of amides is 1. The molecule has 0 unspecified atom stereocenters. The minimum Gasteiger partial charge on any atom is -0.497 e.